The molecule has 3 nitrogen and oxygen atoms in total. The van der Waals surface area contributed by atoms with Gasteiger partial charge in [0.15, 0.2) is 0 Å². The normalized spacial score (nSPS) is 10.1. The molecule has 82 valence electrons. The van der Waals surface area contributed by atoms with Crippen LogP contribution in [0.3, 0.4) is 0 Å². The van der Waals surface area contributed by atoms with Gasteiger partial charge in [-0.3, -0.25) is 4.79 Å². The van der Waals surface area contributed by atoms with Crippen molar-refractivity contribution in [1.29, 1.82) is 0 Å². The summed E-state index contributed by atoms with van der Waals surface area (Å²) >= 11 is 5.50. The Morgan fingerprint density at radius 2 is 2.27 bits per heavy atom. The van der Waals surface area contributed by atoms with Crippen molar-refractivity contribution >= 4 is 44.4 Å². The average molecular weight is 384 g/mol. The van der Waals surface area contributed by atoms with E-state index in [9.17, 15) is 4.79 Å². The highest BCUT2D eigenvalue weighted by Gasteiger charge is 2.14. The second-order valence-electron chi connectivity index (χ2n) is 3.07. The third-order valence-corrected chi connectivity index (χ3v) is 3.30. The summed E-state index contributed by atoms with van der Waals surface area (Å²) in [7, 11) is 1.67. The van der Waals surface area contributed by atoms with Gasteiger partial charge in [-0.15, -0.1) is 0 Å². The van der Waals surface area contributed by atoms with Crippen LogP contribution in [-0.2, 0) is 0 Å². The fourth-order valence-corrected chi connectivity index (χ4v) is 2.03. The highest BCUT2D eigenvalue weighted by molar-refractivity contribution is 14.1. The van der Waals surface area contributed by atoms with E-state index >= 15 is 0 Å². The molecule has 1 N–H and O–H groups in total. The van der Waals surface area contributed by atoms with Crippen LogP contribution in [-0.4, -0.2) is 36.1 Å². The van der Waals surface area contributed by atoms with Gasteiger partial charge in [0.25, 0.3) is 5.91 Å². The first-order valence-electron chi connectivity index (χ1n) is 4.37. The number of halogens is 2. The number of hydrogen-bond acceptors (Lipinski definition) is 2. The molecule has 0 spiro atoms. The number of likely N-dealkylation sites (N-methyl/N-ethyl adjacent to an activating group) is 1. The van der Waals surface area contributed by atoms with Gasteiger partial charge >= 0.3 is 0 Å². The van der Waals surface area contributed by atoms with Gasteiger partial charge in [0.2, 0.25) is 0 Å². The van der Waals surface area contributed by atoms with E-state index in [1.807, 2.05) is 18.2 Å². The molecule has 0 bridgehead atoms. The molecule has 0 fully saturated rings. The van der Waals surface area contributed by atoms with Gasteiger partial charge in [-0.1, -0.05) is 0 Å². The lowest BCUT2D eigenvalue weighted by Gasteiger charge is -2.16. The average Bonchev–Trinajstić information content (AvgIpc) is 2.21. The minimum absolute atomic E-state index is 0.0240. The number of aliphatic hydroxyl groups is 1. The molecule has 1 rings (SSSR count). The number of hydrogen-bond donors (Lipinski definition) is 1. The summed E-state index contributed by atoms with van der Waals surface area (Å²) in [6, 6.07) is 5.59. The van der Waals surface area contributed by atoms with Crippen LogP contribution in [0.25, 0.3) is 0 Å². The van der Waals surface area contributed by atoms with E-state index in [1.165, 1.54) is 4.90 Å². The lowest BCUT2D eigenvalue weighted by molar-refractivity contribution is 0.0766. The van der Waals surface area contributed by atoms with Crippen LogP contribution in [0.4, 0.5) is 0 Å². The lowest BCUT2D eigenvalue weighted by atomic mass is 10.2. The Morgan fingerprint density at radius 1 is 1.60 bits per heavy atom. The summed E-state index contributed by atoms with van der Waals surface area (Å²) in [5.74, 6) is -0.0885. The second kappa shape index (κ2) is 5.81. The van der Waals surface area contributed by atoms with Crippen LogP contribution in [0.5, 0.6) is 0 Å². The quantitative estimate of drug-likeness (QED) is 0.812. The molecule has 15 heavy (non-hydrogen) atoms. The van der Waals surface area contributed by atoms with Gasteiger partial charge in [0.05, 0.1) is 12.2 Å². The molecule has 0 saturated heterocycles. The van der Waals surface area contributed by atoms with Crippen molar-refractivity contribution in [2.45, 2.75) is 0 Å². The summed E-state index contributed by atoms with van der Waals surface area (Å²) in [6.07, 6.45) is 0. The Morgan fingerprint density at radius 3 is 2.87 bits per heavy atom. The van der Waals surface area contributed by atoms with E-state index in [0.717, 1.165) is 8.04 Å². The Balaban J connectivity index is 2.95. The summed E-state index contributed by atoms with van der Waals surface area (Å²) in [5, 5.41) is 8.75. The maximum Gasteiger partial charge on any atom is 0.254 e. The first-order chi connectivity index (χ1) is 7.06. The molecule has 5 heteroatoms. The molecule has 0 saturated carbocycles. The number of aliphatic hydroxyl groups excluding tert-OH is 1. The number of nitrogens with zero attached hydrogens (tertiary/aromatic N) is 1. The van der Waals surface area contributed by atoms with Crippen LogP contribution in [0.15, 0.2) is 22.7 Å². The van der Waals surface area contributed by atoms with Gasteiger partial charge in [0.1, 0.15) is 0 Å². The largest absolute Gasteiger partial charge is 0.395 e. The van der Waals surface area contributed by atoms with Crippen LogP contribution in [0, 0.1) is 3.57 Å². The van der Waals surface area contributed by atoms with E-state index in [2.05, 4.69) is 38.5 Å². The molecule has 0 unspecified atom stereocenters. The predicted molar refractivity (Wildman–Crippen MR) is 70.9 cm³/mol. The molecule has 1 aromatic carbocycles. The number of benzene rings is 1. The SMILES string of the molecule is CN(CCO)C(=O)c1cc(I)ccc1Br. The molecule has 0 aliphatic carbocycles. The molecular formula is C10H11BrINO2. The second-order valence-corrected chi connectivity index (χ2v) is 5.17. The third-order valence-electron chi connectivity index (χ3n) is 1.94. The summed E-state index contributed by atoms with van der Waals surface area (Å²) in [6.45, 7) is 0.320. The predicted octanol–water partition coefficient (Wildman–Crippen LogP) is 2.12. The van der Waals surface area contributed by atoms with E-state index in [1.54, 1.807) is 7.05 Å². The Bertz CT molecular complexity index is 370. The summed E-state index contributed by atoms with van der Waals surface area (Å²) in [5.41, 5.74) is 0.623. The van der Waals surface area contributed by atoms with Gasteiger partial charge in [-0.2, -0.15) is 0 Å². The molecular weight excluding hydrogens is 373 g/mol. The zero-order chi connectivity index (χ0) is 11.4. The van der Waals surface area contributed by atoms with Crippen molar-refractivity contribution in [3.8, 4) is 0 Å². The lowest BCUT2D eigenvalue weighted by Crippen LogP contribution is -2.29. The molecule has 1 amide bonds. The first kappa shape index (κ1) is 12.9. The Kier molecular flexibility index (Phi) is 5.01. The molecule has 0 radical (unpaired) electrons. The maximum absolute atomic E-state index is 11.9. The summed E-state index contributed by atoms with van der Waals surface area (Å²) < 4.78 is 1.79. The van der Waals surface area contributed by atoms with Crippen molar-refractivity contribution in [2.75, 3.05) is 20.2 Å². The number of amides is 1. The minimum atomic E-state index is -0.0885. The summed E-state index contributed by atoms with van der Waals surface area (Å²) in [4.78, 5) is 13.4. The fourth-order valence-electron chi connectivity index (χ4n) is 1.12. The van der Waals surface area contributed by atoms with Gasteiger partial charge in [0, 0.05) is 21.6 Å². The number of rotatable bonds is 3. The molecule has 0 aromatic heterocycles. The van der Waals surface area contributed by atoms with E-state index < -0.39 is 0 Å². The maximum atomic E-state index is 11.9. The third kappa shape index (κ3) is 3.42. The topological polar surface area (TPSA) is 40.5 Å². The molecule has 1 aromatic rings. The molecule has 0 aliphatic rings. The van der Waals surface area contributed by atoms with Crippen molar-refractivity contribution in [1.82, 2.24) is 4.90 Å². The molecule has 0 heterocycles. The van der Waals surface area contributed by atoms with Crippen LogP contribution in [0.1, 0.15) is 10.4 Å². The highest BCUT2D eigenvalue weighted by Crippen LogP contribution is 2.20. The highest BCUT2D eigenvalue weighted by atomic mass is 127. The molecule has 0 atom stereocenters. The Labute approximate surface area is 111 Å². The Hall–Kier alpha value is -0.140. The van der Waals surface area contributed by atoms with E-state index in [4.69, 9.17) is 5.11 Å². The zero-order valence-corrected chi connectivity index (χ0v) is 11.9. The van der Waals surface area contributed by atoms with Crippen LogP contribution < -0.4 is 0 Å². The standard InChI is InChI=1S/C10H11BrINO2/c1-13(4-5-14)10(15)8-6-7(12)2-3-9(8)11/h2-3,6,14H,4-5H2,1H3. The number of carbonyl (C=O) groups is 1. The smallest absolute Gasteiger partial charge is 0.254 e. The van der Waals surface area contributed by atoms with Crippen molar-refractivity contribution in [3.05, 3.63) is 31.8 Å². The van der Waals surface area contributed by atoms with Gasteiger partial charge in [-0.25, -0.2) is 0 Å². The zero-order valence-electron chi connectivity index (χ0n) is 8.20. The van der Waals surface area contributed by atoms with Gasteiger partial charge in [-0.05, 0) is 56.7 Å². The van der Waals surface area contributed by atoms with Crippen LogP contribution in [0.2, 0.25) is 0 Å². The van der Waals surface area contributed by atoms with Crippen LogP contribution >= 0.6 is 38.5 Å². The minimum Gasteiger partial charge on any atom is -0.395 e. The van der Waals surface area contributed by atoms with E-state index in [0.29, 0.717) is 12.1 Å². The first-order valence-corrected chi connectivity index (χ1v) is 6.25. The fraction of sp³-hybridized carbons (Fsp3) is 0.300. The van der Waals surface area contributed by atoms with Crippen molar-refractivity contribution in [3.63, 3.8) is 0 Å². The monoisotopic (exact) mass is 383 g/mol. The van der Waals surface area contributed by atoms with Crippen molar-refractivity contribution in [2.24, 2.45) is 0 Å². The van der Waals surface area contributed by atoms with Crippen molar-refractivity contribution < 1.29 is 9.90 Å². The van der Waals surface area contributed by atoms with E-state index in [-0.39, 0.29) is 12.5 Å². The van der Waals surface area contributed by atoms with Gasteiger partial charge < -0.3 is 10.0 Å². The molecule has 0 aliphatic heterocycles. The number of carbonyl (C=O) groups excluding carboxylic acids is 1.